The van der Waals surface area contributed by atoms with Crippen LogP contribution in [0.3, 0.4) is 0 Å². The Morgan fingerprint density at radius 1 is 1.12 bits per heavy atom. The number of guanidine groups is 1. The molecule has 0 aliphatic heterocycles. The normalized spacial score (nSPS) is 11.0. The Morgan fingerprint density at radius 2 is 1.77 bits per heavy atom. The third kappa shape index (κ3) is 5.62. The fourth-order valence-corrected chi connectivity index (χ4v) is 2.92. The fourth-order valence-electron chi connectivity index (χ4n) is 2.92. The lowest BCUT2D eigenvalue weighted by Crippen LogP contribution is -2.36. The van der Waals surface area contributed by atoms with Crippen LogP contribution in [-0.2, 0) is 33.0 Å². The number of nitrogens with zero attached hydrogens (tertiary/aromatic N) is 3. The van der Waals surface area contributed by atoms with Crippen LogP contribution in [-0.4, -0.2) is 29.9 Å². The Bertz CT molecular complexity index is 709. The van der Waals surface area contributed by atoms with Crippen molar-refractivity contribution in [3.05, 3.63) is 46.8 Å². The van der Waals surface area contributed by atoms with Gasteiger partial charge in [-0.05, 0) is 30.5 Å². The van der Waals surface area contributed by atoms with E-state index in [9.17, 15) is 0 Å². The van der Waals surface area contributed by atoms with Crippen LogP contribution in [0.5, 0.6) is 5.75 Å². The highest BCUT2D eigenvalue weighted by Crippen LogP contribution is 2.15. The van der Waals surface area contributed by atoms with Gasteiger partial charge < -0.3 is 15.4 Å². The van der Waals surface area contributed by atoms with Crippen LogP contribution in [0.4, 0.5) is 0 Å². The minimum Gasteiger partial charge on any atom is -0.497 e. The van der Waals surface area contributed by atoms with Crippen LogP contribution in [0.1, 0.15) is 36.4 Å². The maximum absolute atomic E-state index is 5.18. The van der Waals surface area contributed by atoms with E-state index in [-0.39, 0.29) is 24.0 Å². The molecule has 0 fully saturated rings. The minimum absolute atomic E-state index is 0. The number of nitrogens with one attached hydrogen (secondary N) is 2. The van der Waals surface area contributed by atoms with Crippen molar-refractivity contribution in [2.24, 2.45) is 12.0 Å². The molecule has 0 saturated heterocycles. The van der Waals surface area contributed by atoms with Gasteiger partial charge in [-0.15, -0.1) is 24.0 Å². The van der Waals surface area contributed by atoms with Crippen molar-refractivity contribution in [1.29, 1.82) is 0 Å². The fraction of sp³-hybridized carbons (Fsp3) is 0.474. The number of halogens is 1. The maximum atomic E-state index is 5.18. The first-order valence-electron chi connectivity index (χ1n) is 8.73. The third-order valence-electron chi connectivity index (χ3n) is 4.30. The molecule has 2 rings (SSSR count). The van der Waals surface area contributed by atoms with Gasteiger partial charge in [-0.1, -0.05) is 26.0 Å². The van der Waals surface area contributed by atoms with Gasteiger partial charge in [0, 0.05) is 38.4 Å². The van der Waals surface area contributed by atoms with Gasteiger partial charge in [-0.3, -0.25) is 9.67 Å². The van der Waals surface area contributed by atoms with Gasteiger partial charge >= 0.3 is 0 Å². The van der Waals surface area contributed by atoms with Crippen molar-refractivity contribution in [2.45, 2.75) is 39.8 Å². The standard InChI is InChI=1S/C19H29N5O.HI/c1-6-17-16(18(7-2)24(4)23-17)13-22-19(20-3)21-12-14-8-10-15(25-5)11-9-14;/h8-11H,6-7,12-13H2,1-5H3,(H2,20,21,22);1H. The Hall–Kier alpha value is -1.77. The second-order valence-electron chi connectivity index (χ2n) is 5.83. The predicted octanol–water partition coefficient (Wildman–Crippen LogP) is 3.04. The third-order valence-corrected chi connectivity index (χ3v) is 4.30. The number of methoxy groups -OCH3 is 1. The first-order valence-corrected chi connectivity index (χ1v) is 8.73. The molecule has 1 heterocycles. The molecule has 0 radical (unpaired) electrons. The van der Waals surface area contributed by atoms with Gasteiger partial charge in [-0.2, -0.15) is 5.10 Å². The summed E-state index contributed by atoms with van der Waals surface area (Å²) in [7, 11) is 5.47. The Labute approximate surface area is 173 Å². The quantitative estimate of drug-likeness (QED) is 0.370. The molecule has 0 atom stereocenters. The molecule has 0 unspecified atom stereocenters. The van der Waals surface area contributed by atoms with Crippen LogP contribution in [0.15, 0.2) is 29.3 Å². The number of rotatable bonds is 7. The van der Waals surface area contributed by atoms with E-state index < -0.39 is 0 Å². The molecule has 1 aromatic heterocycles. The van der Waals surface area contributed by atoms with Crippen LogP contribution in [0.25, 0.3) is 0 Å². The first kappa shape index (κ1) is 22.3. The molecule has 0 spiro atoms. The second-order valence-corrected chi connectivity index (χ2v) is 5.83. The topological polar surface area (TPSA) is 63.5 Å². The van der Waals surface area contributed by atoms with E-state index in [4.69, 9.17) is 4.74 Å². The monoisotopic (exact) mass is 471 g/mol. The number of aryl methyl sites for hydroxylation is 2. The summed E-state index contributed by atoms with van der Waals surface area (Å²) < 4.78 is 7.17. The molecule has 26 heavy (non-hydrogen) atoms. The molecule has 2 aromatic rings. The van der Waals surface area contributed by atoms with Gasteiger partial charge in [0.15, 0.2) is 5.96 Å². The molecular weight excluding hydrogens is 441 g/mol. The number of aromatic nitrogens is 2. The van der Waals surface area contributed by atoms with Crippen molar-refractivity contribution >= 4 is 29.9 Å². The van der Waals surface area contributed by atoms with E-state index in [0.29, 0.717) is 6.54 Å². The summed E-state index contributed by atoms with van der Waals surface area (Å²) in [6.07, 6.45) is 1.90. The molecule has 6 nitrogen and oxygen atoms in total. The maximum Gasteiger partial charge on any atom is 0.191 e. The molecule has 7 heteroatoms. The number of aliphatic imine (C=N–C) groups is 1. The molecule has 0 aliphatic rings. The molecule has 0 saturated carbocycles. The molecule has 0 bridgehead atoms. The summed E-state index contributed by atoms with van der Waals surface area (Å²) in [5, 5.41) is 11.4. The molecule has 0 amide bonds. The van der Waals surface area contributed by atoms with Crippen molar-refractivity contribution in [3.8, 4) is 5.75 Å². The molecular formula is C19H30IN5O. The van der Waals surface area contributed by atoms with Crippen molar-refractivity contribution in [3.63, 3.8) is 0 Å². The van der Waals surface area contributed by atoms with Gasteiger partial charge in [0.2, 0.25) is 0 Å². The average molecular weight is 471 g/mol. The largest absolute Gasteiger partial charge is 0.497 e. The van der Waals surface area contributed by atoms with Crippen molar-refractivity contribution in [1.82, 2.24) is 20.4 Å². The smallest absolute Gasteiger partial charge is 0.191 e. The Morgan fingerprint density at radius 3 is 2.31 bits per heavy atom. The van der Waals surface area contributed by atoms with Gasteiger partial charge in [0.1, 0.15) is 5.75 Å². The zero-order chi connectivity index (χ0) is 18.2. The summed E-state index contributed by atoms with van der Waals surface area (Å²) in [6.45, 7) is 5.74. The lowest BCUT2D eigenvalue weighted by molar-refractivity contribution is 0.414. The highest BCUT2D eigenvalue weighted by atomic mass is 127. The first-order chi connectivity index (χ1) is 12.1. The predicted molar refractivity (Wildman–Crippen MR) is 117 cm³/mol. The van der Waals surface area contributed by atoms with E-state index in [0.717, 1.165) is 36.8 Å². The summed E-state index contributed by atoms with van der Waals surface area (Å²) in [6, 6.07) is 8.02. The average Bonchev–Trinajstić information content (AvgIpc) is 2.96. The molecule has 144 valence electrons. The number of ether oxygens (including phenoxy) is 1. The highest BCUT2D eigenvalue weighted by molar-refractivity contribution is 14.0. The Kier molecular flexibility index (Phi) is 9.47. The molecule has 1 aromatic carbocycles. The van der Waals surface area contributed by atoms with Gasteiger partial charge in [0.05, 0.1) is 12.8 Å². The van der Waals surface area contributed by atoms with Gasteiger partial charge in [0.25, 0.3) is 0 Å². The molecule has 0 aliphatic carbocycles. The van der Waals surface area contributed by atoms with Crippen LogP contribution in [0.2, 0.25) is 0 Å². The zero-order valence-corrected chi connectivity index (χ0v) is 18.6. The second kappa shape index (κ2) is 11.1. The van der Waals surface area contributed by atoms with E-state index >= 15 is 0 Å². The number of hydrogen-bond donors (Lipinski definition) is 2. The number of hydrogen-bond acceptors (Lipinski definition) is 3. The van der Waals surface area contributed by atoms with E-state index in [1.165, 1.54) is 16.8 Å². The Balaban J connectivity index is 0.00000338. The van der Waals surface area contributed by atoms with Crippen LogP contribution < -0.4 is 15.4 Å². The zero-order valence-electron chi connectivity index (χ0n) is 16.3. The van der Waals surface area contributed by atoms with E-state index in [2.05, 4.69) is 34.6 Å². The lowest BCUT2D eigenvalue weighted by atomic mass is 10.1. The summed E-state index contributed by atoms with van der Waals surface area (Å²) in [5.41, 5.74) is 4.88. The highest BCUT2D eigenvalue weighted by Gasteiger charge is 2.13. The summed E-state index contributed by atoms with van der Waals surface area (Å²) in [4.78, 5) is 4.31. The summed E-state index contributed by atoms with van der Waals surface area (Å²) >= 11 is 0. The number of benzene rings is 1. The van der Waals surface area contributed by atoms with Crippen LogP contribution >= 0.6 is 24.0 Å². The van der Waals surface area contributed by atoms with Crippen molar-refractivity contribution in [2.75, 3.05) is 14.2 Å². The lowest BCUT2D eigenvalue weighted by Gasteiger charge is -2.13. The SMILES string of the molecule is CCc1nn(C)c(CC)c1CNC(=NC)NCc1ccc(OC)cc1.I. The summed E-state index contributed by atoms with van der Waals surface area (Å²) in [5.74, 6) is 1.64. The van der Waals surface area contributed by atoms with E-state index in [1.807, 2.05) is 36.0 Å². The van der Waals surface area contributed by atoms with E-state index in [1.54, 1.807) is 14.2 Å². The van der Waals surface area contributed by atoms with Crippen LogP contribution in [0, 0.1) is 0 Å². The molecule has 2 N–H and O–H groups in total. The minimum atomic E-state index is 0. The van der Waals surface area contributed by atoms with Crippen molar-refractivity contribution < 1.29 is 4.74 Å². The van der Waals surface area contributed by atoms with Gasteiger partial charge in [-0.25, -0.2) is 0 Å².